The quantitative estimate of drug-likeness (QED) is 0.203. The summed E-state index contributed by atoms with van der Waals surface area (Å²) in [6, 6.07) is 3.14. The van der Waals surface area contributed by atoms with Gasteiger partial charge in [-0.05, 0) is 62.5 Å². The molecule has 0 aliphatic rings. The number of carbonyl (C=O) groups is 2. The zero-order valence-corrected chi connectivity index (χ0v) is 19.7. The number of carbonyl (C=O) groups excluding carboxylic acids is 2. The van der Waals surface area contributed by atoms with Gasteiger partial charge in [0, 0.05) is 11.1 Å². The average Bonchev–Trinajstić information content (AvgIpc) is 2.77. The third-order valence-corrected chi connectivity index (χ3v) is 6.02. The van der Waals surface area contributed by atoms with Gasteiger partial charge in [0.1, 0.15) is 0 Å². The van der Waals surface area contributed by atoms with E-state index in [2.05, 4.69) is 13.2 Å². The first kappa shape index (κ1) is 27.7. The highest BCUT2D eigenvalue weighted by molar-refractivity contribution is 6.01. The van der Waals surface area contributed by atoms with Gasteiger partial charge >= 0.3 is 0 Å². The molecule has 0 spiro atoms. The Labute approximate surface area is 194 Å². The number of carboxylic acid groups (broad SMARTS) is 2. The lowest BCUT2D eigenvalue weighted by Crippen LogP contribution is -2.31. The van der Waals surface area contributed by atoms with E-state index in [4.69, 9.17) is 0 Å². The second-order valence-corrected chi connectivity index (χ2v) is 8.60. The van der Waals surface area contributed by atoms with Crippen LogP contribution in [0.5, 0.6) is 0 Å². The predicted molar refractivity (Wildman–Crippen MR) is 128 cm³/mol. The van der Waals surface area contributed by atoms with Gasteiger partial charge in [0.05, 0.1) is 11.9 Å². The highest BCUT2D eigenvalue weighted by Crippen LogP contribution is 2.24. The summed E-state index contributed by atoms with van der Waals surface area (Å²) < 4.78 is 0. The monoisotopic (exact) mass is 440 g/mol. The number of allylic oxidation sites excluding steroid dienone is 2. The number of unbranched alkanes of at least 4 members (excludes halogenated alkanes) is 12. The second-order valence-electron chi connectivity index (χ2n) is 8.60. The summed E-state index contributed by atoms with van der Waals surface area (Å²) in [6.07, 6.45) is 20.5. The van der Waals surface area contributed by atoms with Crippen LogP contribution in [0, 0.1) is 0 Å². The summed E-state index contributed by atoms with van der Waals surface area (Å²) in [4.78, 5) is 23.3. The molecule has 32 heavy (non-hydrogen) atoms. The maximum absolute atomic E-state index is 11.8. The zero-order chi connectivity index (χ0) is 23.6. The minimum absolute atomic E-state index is 0.182. The lowest BCUT2D eigenvalue weighted by molar-refractivity contribution is -0.259. The van der Waals surface area contributed by atoms with Crippen molar-refractivity contribution < 1.29 is 19.8 Å². The molecule has 0 aliphatic heterocycles. The van der Waals surface area contributed by atoms with Gasteiger partial charge in [-0.25, -0.2) is 0 Å². The minimum Gasteiger partial charge on any atom is -0.545 e. The normalized spacial score (nSPS) is 10.8. The average molecular weight is 441 g/mol. The number of aryl methyl sites for hydroxylation is 1. The van der Waals surface area contributed by atoms with Crippen molar-refractivity contribution in [3.8, 4) is 0 Å². The van der Waals surface area contributed by atoms with Crippen molar-refractivity contribution in [3.05, 3.63) is 59.7 Å². The third kappa shape index (κ3) is 10.8. The lowest BCUT2D eigenvalue weighted by atomic mass is 9.89. The summed E-state index contributed by atoms with van der Waals surface area (Å²) in [5.74, 6) is -2.88. The molecule has 0 heterocycles. The fourth-order valence-electron chi connectivity index (χ4n) is 4.22. The molecule has 0 aliphatic carbocycles. The molecule has 0 fully saturated rings. The molecule has 0 bridgehead atoms. The van der Waals surface area contributed by atoms with Gasteiger partial charge in [0.2, 0.25) is 0 Å². The van der Waals surface area contributed by atoms with E-state index in [1.807, 2.05) is 12.2 Å². The summed E-state index contributed by atoms with van der Waals surface area (Å²) in [6.45, 7) is 7.48. The van der Waals surface area contributed by atoms with Gasteiger partial charge in [-0.15, -0.1) is 13.2 Å². The van der Waals surface area contributed by atoms with Crippen molar-refractivity contribution in [2.75, 3.05) is 0 Å². The Morgan fingerprint density at radius 1 is 0.656 bits per heavy atom. The molecule has 1 aromatic carbocycles. The Kier molecular flexibility index (Phi) is 14.9. The van der Waals surface area contributed by atoms with Gasteiger partial charge in [-0.2, -0.15) is 0 Å². The molecule has 1 aromatic rings. The Bertz CT molecular complexity index is 720. The van der Waals surface area contributed by atoms with E-state index in [-0.39, 0.29) is 11.1 Å². The SMILES string of the molecule is C=CCCCCCCCCc1ccc(C(=O)[O-])c(C(=O)[O-])c1CCCCCCCCC=C. The van der Waals surface area contributed by atoms with Crippen molar-refractivity contribution in [1.29, 1.82) is 0 Å². The summed E-state index contributed by atoms with van der Waals surface area (Å²) in [7, 11) is 0. The van der Waals surface area contributed by atoms with E-state index in [0.29, 0.717) is 12.0 Å². The van der Waals surface area contributed by atoms with Crippen molar-refractivity contribution in [3.63, 3.8) is 0 Å². The molecule has 0 N–H and O–H groups in total. The van der Waals surface area contributed by atoms with Crippen LogP contribution >= 0.6 is 0 Å². The van der Waals surface area contributed by atoms with Crippen LogP contribution in [-0.4, -0.2) is 11.9 Å². The van der Waals surface area contributed by atoms with E-state index in [1.54, 1.807) is 6.07 Å². The molecule has 0 saturated heterocycles. The lowest BCUT2D eigenvalue weighted by Gasteiger charge is -2.20. The standard InChI is InChI=1S/C28H42O4/c1-3-5-7-9-11-13-15-17-19-23-21-22-25(27(29)30)26(28(31)32)24(23)20-18-16-14-12-10-8-6-4-2/h3-4,21-22H,1-2,5-20H2,(H,29,30)(H,31,32)/p-2. The van der Waals surface area contributed by atoms with E-state index >= 15 is 0 Å². The van der Waals surface area contributed by atoms with Crippen molar-refractivity contribution >= 4 is 11.9 Å². The molecular weight excluding hydrogens is 400 g/mol. The van der Waals surface area contributed by atoms with E-state index in [9.17, 15) is 19.8 Å². The highest BCUT2D eigenvalue weighted by Gasteiger charge is 2.15. The molecule has 178 valence electrons. The van der Waals surface area contributed by atoms with Gasteiger partial charge in [0.15, 0.2) is 0 Å². The Hall–Kier alpha value is -2.36. The molecule has 0 amide bonds. The number of rotatable bonds is 20. The first-order valence-corrected chi connectivity index (χ1v) is 12.3. The van der Waals surface area contributed by atoms with E-state index in [1.165, 1.54) is 31.7 Å². The third-order valence-electron chi connectivity index (χ3n) is 6.02. The maximum atomic E-state index is 11.8. The molecule has 0 atom stereocenters. The van der Waals surface area contributed by atoms with Crippen molar-refractivity contribution in [2.45, 2.75) is 103 Å². The summed E-state index contributed by atoms with van der Waals surface area (Å²) >= 11 is 0. The number of benzene rings is 1. The Morgan fingerprint density at radius 2 is 1.12 bits per heavy atom. The van der Waals surface area contributed by atoms with Crippen molar-refractivity contribution in [1.82, 2.24) is 0 Å². The molecular formula is C28H40O4-2. The van der Waals surface area contributed by atoms with Gasteiger partial charge in [-0.1, -0.05) is 75.7 Å². The smallest absolute Gasteiger partial charge is 0.0724 e. The largest absolute Gasteiger partial charge is 0.545 e. The molecule has 1 rings (SSSR count). The first-order valence-electron chi connectivity index (χ1n) is 12.3. The topological polar surface area (TPSA) is 80.3 Å². The molecule has 4 nitrogen and oxygen atoms in total. The molecule has 0 unspecified atom stereocenters. The highest BCUT2D eigenvalue weighted by atomic mass is 16.4. The van der Waals surface area contributed by atoms with Gasteiger partial charge < -0.3 is 19.8 Å². The predicted octanol–water partition coefficient (Wildman–Crippen LogP) is 5.33. The number of aromatic carboxylic acids is 2. The van der Waals surface area contributed by atoms with Crippen molar-refractivity contribution in [2.24, 2.45) is 0 Å². The molecule has 4 heteroatoms. The van der Waals surface area contributed by atoms with Gasteiger partial charge in [-0.3, -0.25) is 0 Å². The van der Waals surface area contributed by atoms with Crippen LogP contribution in [-0.2, 0) is 12.8 Å². The summed E-state index contributed by atoms with van der Waals surface area (Å²) in [5, 5.41) is 23.3. The molecule has 0 saturated carbocycles. The fraction of sp³-hybridized carbons (Fsp3) is 0.571. The van der Waals surface area contributed by atoms with E-state index < -0.39 is 11.9 Å². The van der Waals surface area contributed by atoms with E-state index in [0.717, 1.165) is 76.2 Å². The fourth-order valence-corrected chi connectivity index (χ4v) is 4.22. The number of hydrogen-bond donors (Lipinski definition) is 0. The van der Waals surface area contributed by atoms with Crippen LogP contribution in [0.2, 0.25) is 0 Å². The van der Waals surface area contributed by atoms with Crippen LogP contribution in [0.4, 0.5) is 0 Å². The van der Waals surface area contributed by atoms with Crippen LogP contribution in [0.3, 0.4) is 0 Å². The Balaban J connectivity index is 2.69. The van der Waals surface area contributed by atoms with Crippen LogP contribution in [0.1, 0.15) is 122 Å². The Morgan fingerprint density at radius 3 is 1.59 bits per heavy atom. The zero-order valence-electron chi connectivity index (χ0n) is 19.7. The van der Waals surface area contributed by atoms with Gasteiger partial charge in [0.25, 0.3) is 0 Å². The van der Waals surface area contributed by atoms with Crippen LogP contribution < -0.4 is 10.2 Å². The van der Waals surface area contributed by atoms with Crippen LogP contribution in [0.15, 0.2) is 37.4 Å². The minimum atomic E-state index is -1.46. The van der Waals surface area contributed by atoms with Crippen LogP contribution in [0.25, 0.3) is 0 Å². The molecule has 0 aromatic heterocycles. The summed E-state index contributed by atoms with van der Waals surface area (Å²) in [5.41, 5.74) is 1.12. The number of hydrogen-bond acceptors (Lipinski definition) is 4. The number of carboxylic acids is 2. The molecule has 0 radical (unpaired) electrons. The second kappa shape index (κ2) is 17.2. The first-order chi connectivity index (χ1) is 15.5. The maximum Gasteiger partial charge on any atom is 0.0724 e.